The molecule has 2 aliphatic heterocycles. The second-order valence-corrected chi connectivity index (χ2v) is 12.4. The largest absolute Gasteiger partial charge is 0.367 e. The number of nitrogens with zero attached hydrogens (tertiary/aromatic N) is 4. The number of benzene rings is 2. The molecular weight excluding hydrogens is 564 g/mol. The van der Waals surface area contributed by atoms with Crippen LogP contribution in [0.4, 0.5) is 14.5 Å². The van der Waals surface area contributed by atoms with Crippen LogP contribution in [0, 0.1) is 24.5 Å². The minimum absolute atomic E-state index is 0.0327. The molecule has 0 unspecified atom stereocenters. The lowest BCUT2D eigenvalue weighted by atomic mass is 9.97. The van der Waals surface area contributed by atoms with Gasteiger partial charge in [-0.2, -0.15) is 4.31 Å². The summed E-state index contributed by atoms with van der Waals surface area (Å²) in [6.07, 6.45) is 3.66. The van der Waals surface area contributed by atoms with Crippen LogP contribution in [-0.4, -0.2) is 81.0 Å². The van der Waals surface area contributed by atoms with Crippen molar-refractivity contribution in [1.82, 2.24) is 19.7 Å². The highest BCUT2D eigenvalue weighted by Gasteiger charge is 2.36. The number of aryl methyl sites for hydroxylation is 1. The van der Waals surface area contributed by atoms with Gasteiger partial charge >= 0.3 is 0 Å². The number of carbonyl (C=O) groups is 1. The molecule has 5 rings (SSSR count). The number of carbonyl (C=O) groups excluding carboxylic acids is 1. The number of nitrogens with one attached hydrogen (secondary N) is 1. The number of anilines is 1. The average molecular weight is 600 g/mol. The number of halogens is 2. The van der Waals surface area contributed by atoms with Gasteiger partial charge in [0.2, 0.25) is 15.9 Å². The van der Waals surface area contributed by atoms with Crippen LogP contribution in [0.2, 0.25) is 0 Å². The summed E-state index contributed by atoms with van der Waals surface area (Å²) in [5.74, 6) is -0.974. The second-order valence-electron chi connectivity index (χ2n) is 10.6. The van der Waals surface area contributed by atoms with Gasteiger partial charge in [-0.15, -0.1) is 0 Å². The molecule has 9 nitrogen and oxygen atoms in total. The third kappa shape index (κ3) is 6.71. The van der Waals surface area contributed by atoms with Gasteiger partial charge in [-0.05, 0) is 50.1 Å². The number of aromatic nitrogens is 1. The highest BCUT2D eigenvalue weighted by molar-refractivity contribution is 7.89. The van der Waals surface area contributed by atoms with Gasteiger partial charge in [0, 0.05) is 63.8 Å². The molecule has 0 spiro atoms. The van der Waals surface area contributed by atoms with Crippen LogP contribution in [0.25, 0.3) is 12.2 Å². The molecule has 3 aromatic rings. The number of hydrogen-bond acceptors (Lipinski definition) is 7. The molecule has 0 aliphatic carbocycles. The van der Waals surface area contributed by atoms with Gasteiger partial charge in [0.15, 0.2) is 10.7 Å². The summed E-state index contributed by atoms with van der Waals surface area (Å²) in [6.45, 7) is 6.12. The Morgan fingerprint density at radius 3 is 2.33 bits per heavy atom. The molecule has 1 amide bonds. The van der Waals surface area contributed by atoms with Crippen molar-refractivity contribution in [2.45, 2.75) is 24.7 Å². The van der Waals surface area contributed by atoms with Crippen molar-refractivity contribution in [2.75, 3.05) is 57.3 Å². The molecule has 0 atom stereocenters. The first-order valence-corrected chi connectivity index (χ1v) is 15.6. The van der Waals surface area contributed by atoms with E-state index in [9.17, 15) is 22.0 Å². The van der Waals surface area contributed by atoms with Gasteiger partial charge in [0.05, 0.1) is 5.69 Å². The normalized spacial score (nSPS) is 17.6. The molecule has 1 N–H and O–H groups in total. The zero-order valence-corrected chi connectivity index (χ0v) is 24.3. The fourth-order valence-electron chi connectivity index (χ4n) is 5.46. The Morgan fingerprint density at radius 1 is 0.976 bits per heavy atom. The Hall–Kier alpha value is -3.61. The van der Waals surface area contributed by atoms with Crippen molar-refractivity contribution in [1.29, 1.82) is 0 Å². The maximum absolute atomic E-state index is 14.1. The molecule has 2 saturated heterocycles. The first-order chi connectivity index (χ1) is 20.2. The number of hydrogen-bond donors (Lipinski definition) is 1. The van der Waals surface area contributed by atoms with Gasteiger partial charge in [-0.25, -0.2) is 17.2 Å². The lowest BCUT2D eigenvalue weighted by Gasteiger charge is -2.36. The van der Waals surface area contributed by atoms with E-state index in [4.69, 9.17) is 4.52 Å². The Morgan fingerprint density at radius 2 is 1.64 bits per heavy atom. The van der Waals surface area contributed by atoms with Crippen molar-refractivity contribution in [3.8, 4) is 0 Å². The van der Waals surface area contributed by atoms with Crippen molar-refractivity contribution in [2.24, 2.45) is 5.92 Å². The molecule has 0 radical (unpaired) electrons. The van der Waals surface area contributed by atoms with Gasteiger partial charge in [-0.1, -0.05) is 35.5 Å². The van der Waals surface area contributed by atoms with E-state index in [0.29, 0.717) is 50.3 Å². The zero-order chi connectivity index (χ0) is 29.7. The van der Waals surface area contributed by atoms with E-state index in [-0.39, 0.29) is 47.1 Å². The fraction of sp³-hybridized carbons (Fsp3) is 0.400. The smallest absolute Gasteiger partial charge is 0.248 e. The van der Waals surface area contributed by atoms with Crippen LogP contribution in [0.3, 0.4) is 0 Å². The van der Waals surface area contributed by atoms with Crippen LogP contribution in [0.5, 0.6) is 0 Å². The van der Waals surface area contributed by atoms with Crippen LogP contribution in [0.1, 0.15) is 29.9 Å². The molecule has 42 heavy (non-hydrogen) atoms. The van der Waals surface area contributed by atoms with E-state index in [1.165, 1.54) is 28.6 Å². The molecule has 3 heterocycles. The second kappa shape index (κ2) is 13.1. The maximum atomic E-state index is 14.1. The van der Waals surface area contributed by atoms with Gasteiger partial charge in [0.25, 0.3) is 0 Å². The molecule has 2 aliphatic rings. The Labute approximate surface area is 244 Å². The monoisotopic (exact) mass is 599 g/mol. The Kier molecular flexibility index (Phi) is 9.34. The summed E-state index contributed by atoms with van der Waals surface area (Å²) in [6, 6.07) is 12.9. The van der Waals surface area contributed by atoms with E-state index < -0.39 is 15.8 Å². The minimum Gasteiger partial charge on any atom is -0.367 e. The zero-order valence-electron chi connectivity index (χ0n) is 23.5. The van der Waals surface area contributed by atoms with Crippen LogP contribution < -0.4 is 10.2 Å². The molecular formula is C30H35F2N5O4S. The molecule has 1 aromatic heterocycles. The van der Waals surface area contributed by atoms with E-state index in [0.717, 1.165) is 13.1 Å². The van der Waals surface area contributed by atoms with Crippen LogP contribution in [0.15, 0.2) is 57.9 Å². The number of para-hydroxylation sites is 1. The van der Waals surface area contributed by atoms with Crippen molar-refractivity contribution in [3.63, 3.8) is 0 Å². The third-order valence-corrected chi connectivity index (χ3v) is 9.93. The Bertz CT molecular complexity index is 1530. The minimum atomic E-state index is -3.94. The van der Waals surface area contributed by atoms with Crippen LogP contribution >= 0.6 is 0 Å². The Balaban J connectivity index is 1.09. The number of piperazine rings is 1. The number of amides is 1. The summed E-state index contributed by atoms with van der Waals surface area (Å²) >= 11 is 0. The standard InChI is InChI=1S/C30H35F2N5O4S/c1-22-29(28(41-34-22)11-10-23-6-2-3-7-25(23)31)42(39,40)37-15-12-24(13-16-37)30(38)33-14-17-35-18-20-36(21-19-35)27-9-5-4-8-26(27)32/h2-11,24H,12-21H2,1H3,(H,33,38). The molecule has 0 saturated carbocycles. The molecule has 12 heteroatoms. The lowest BCUT2D eigenvalue weighted by molar-refractivity contribution is -0.126. The van der Waals surface area contributed by atoms with Crippen molar-refractivity contribution in [3.05, 3.63) is 77.2 Å². The van der Waals surface area contributed by atoms with E-state index in [2.05, 4.69) is 15.4 Å². The highest BCUT2D eigenvalue weighted by atomic mass is 32.2. The number of piperidine rings is 1. The maximum Gasteiger partial charge on any atom is 0.248 e. The first kappa shape index (κ1) is 29.9. The van der Waals surface area contributed by atoms with E-state index in [1.54, 1.807) is 37.3 Å². The van der Waals surface area contributed by atoms with Gasteiger partial charge < -0.3 is 14.7 Å². The topological polar surface area (TPSA) is 99.0 Å². The fourth-order valence-corrected chi connectivity index (χ4v) is 7.18. The van der Waals surface area contributed by atoms with Crippen molar-refractivity contribution >= 4 is 33.8 Å². The number of sulfonamides is 1. The number of rotatable bonds is 9. The predicted molar refractivity (Wildman–Crippen MR) is 156 cm³/mol. The highest BCUT2D eigenvalue weighted by Crippen LogP contribution is 2.29. The average Bonchev–Trinajstić information content (AvgIpc) is 3.38. The first-order valence-electron chi connectivity index (χ1n) is 14.1. The molecule has 2 aromatic carbocycles. The SMILES string of the molecule is Cc1noc(C=Cc2ccccc2F)c1S(=O)(=O)N1CCC(C(=O)NCCN2CCN(c3ccccc3F)CC2)CC1. The summed E-state index contributed by atoms with van der Waals surface area (Å²) in [5, 5.41) is 6.84. The summed E-state index contributed by atoms with van der Waals surface area (Å²) in [4.78, 5) is 17.1. The summed E-state index contributed by atoms with van der Waals surface area (Å²) in [5.41, 5.74) is 1.14. The molecule has 2 fully saturated rings. The summed E-state index contributed by atoms with van der Waals surface area (Å²) in [7, 11) is -3.94. The summed E-state index contributed by atoms with van der Waals surface area (Å²) < 4.78 is 61.7. The van der Waals surface area contributed by atoms with Gasteiger partial charge in [0.1, 0.15) is 17.3 Å². The molecule has 0 bridgehead atoms. The third-order valence-electron chi connectivity index (χ3n) is 7.87. The molecule has 224 valence electrons. The van der Waals surface area contributed by atoms with E-state index in [1.807, 2.05) is 11.0 Å². The van der Waals surface area contributed by atoms with Crippen molar-refractivity contribution < 1.29 is 26.5 Å². The quantitative estimate of drug-likeness (QED) is 0.400. The lowest BCUT2D eigenvalue weighted by Crippen LogP contribution is -2.49. The van der Waals surface area contributed by atoms with E-state index >= 15 is 0 Å². The van der Waals surface area contributed by atoms with Gasteiger partial charge in [-0.3, -0.25) is 9.69 Å². The van der Waals surface area contributed by atoms with Crippen LogP contribution in [-0.2, 0) is 14.8 Å². The predicted octanol–water partition coefficient (Wildman–Crippen LogP) is 3.77.